The van der Waals surface area contributed by atoms with E-state index in [1.165, 1.54) is 18.2 Å². The number of hydrogen-bond acceptors (Lipinski definition) is 5. The molecule has 0 fully saturated rings. The molecule has 3 rings (SSSR count). The lowest BCUT2D eigenvalue weighted by molar-refractivity contribution is 0.0845. The molecule has 0 bridgehead atoms. The first-order valence-corrected chi connectivity index (χ1v) is 11.5. The number of benzene rings is 2. The number of nitrogens with one attached hydrogen (secondary N) is 3. The fourth-order valence-electron chi connectivity index (χ4n) is 2.69. The quantitative estimate of drug-likeness (QED) is 0.431. The molecule has 0 radical (unpaired) electrons. The van der Waals surface area contributed by atoms with Gasteiger partial charge in [0.2, 0.25) is 0 Å². The maximum Gasteiger partial charge on any atom is 0.273 e. The number of amides is 2. The molecule has 31 heavy (non-hydrogen) atoms. The highest BCUT2D eigenvalue weighted by Crippen LogP contribution is 2.25. The molecule has 0 aliphatic carbocycles. The zero-order valence-corrected chi connectivity index (χ0v) is 19.5. The van der Waals surface area contributed by atoms with Gasteiger partial charge in [0.15, 0.2) is 0 Å². The average Bonchev–Trinajstić information content (AvgIpc) is 3.05. The summed E-state index contributed by atoms with van der Waals surface area (Å²) in [6.45, 7) is 3.32. The summed E-state index contributed by atoms with van der Waals surface area (Å²) in [6.07, 6.45) is 0. The van der Waals surface area contributed by atoms with Crippen LogP contribution in [0.2, 0.25) is 5.02 Å². The Labute approximate surface area is 192 Å². The molecule has 8 nitrogen and oxygen atoms in total. The summed E-state index contributed by atoms with van der Waals surface area (Å²) in [4.78, 5) is 24.4. The first-order chi connectivity index (χ1) is 14.6. The number of hydrazine groups is 1. The molecule has 2 amide bonds. The van der Waals surface area contributed by atoms with E-state index in [4.69, 9.17) is 16.0 Å². The second kappa shape index (κ2) is 9.13. The molecule has 0 spiro atoms. The number of carbonyl (C=O) groups is 2. The van der Waals surface area contributed by atoms with Gasteiger partial charge in [0.25, 0.3) is 21.8 Å². The predicted molar refractivity (Wildman–Crippen MR) is 120 cm³/mol. The lowest BCUT2D eigenvalue weighted by Gasteiger charge is -2.12. The van der Waals surface area contributed by atoms with Crippen LogP contribution in [0.4, 0.5) is 5.69 Å². The van der Waals surface area contributed by atoms with Crippen LogP contribution < -0.4 is 15.6 Å². The molecule has 3 aromatic rings. The molecule has 1 aromatic heterocycles. The minimum absolute atomic E-state index is 0.0130. The number of carbonyl (C=O) groups excluding carboxylic acids is 2. The molecule has 11 heteroatoms. The maximum absolute atomic E-state index is 12.8. The Morgan fingerprint density at radius 3 is 2.23 bits per heavy atom. The second-order valence-corrected chi connectivity index (χ2v) is 9.47. The van der Waals surface area contributed by atoms with Gasteiger partial charge in [0, 0.05) is 15.7 Å². The van der Waals surface area contributed by atoms with E-state index in [-0.39, 0.29) is 21.0 Å². The van der Waals surface area contributed by atoms with E-state index in [0.717, 1.165) is 10.5 Å². The standard InChI is InChI=1S/C20H17BrClN3O5S/c1-11-9-16(12(2)30-11)20(27)24-23-19(26)13-3-8-17(22)18(10-13)31(28,29)25-15-6-4-14(21)5-7-15/h3-10,25H,1-2H3,(H,23,26)(H,24,27). The van der Waals surface area contributed by atoms with Gasteiger partial charge in [-0.05, 0) is 62.4 Å². The zero-order valence-electron chi connectivity index (χ0n) is 16.3. The van der Waals surface area contributed by atoms with Gasteiger partial charge in [-0.2, -0.15) is 0 Å². The van der Waals surface area contributed by atoms with Crippen LogP contribution in [0.15, 0.2) is 62.3 Å². The number of anilines is 1. The van der Waals surface area contributed by atoms with E-state index < -0.39 is 21.8 Å². The average molecular weight is 527 g/mol. The lowest BCUT2D eigenvalue weighted by Crippen LogP contribution is -2.41. The van der Waals surface area contributed by atoms with Gasteiger partial charge in [0.05, 0.1) is 10.6 Å². The van der Waals surface area contributed by atoms with Crippen molar-refractivity contribution in [1.29, 1.82) is 0 Å². The third-order valence-corrected chi connectivity index (χ3v) is 6.55. The highest BCUT2D eigenvalue weighted by Gasteiger charge is 2.21. The van der Waals surface area contributed by atoms with Crippen LogP contribution in [0.3, 0.4) is 0 Å². The molecule has 2 aromatic carbocycles. The summed E-state index contributed by atoms with van der Waals surface area (Å²) in [5, 5.41) is -0.0605. The largest absolute Gasteiger partial charge is 0.466 e. The van der Waals surface area contributed by atoms with Crippen molar-refractivity contribution >= 4 is 55.1 Å². The topological polar surface area (TPSA) is 118 Å². The van der Waals surface area contributed by atoms with Crippen LogP contribution >= 0.6 is 27.5 Å². The van der Waals surface area contributed by atoms with Crippen molar-refractivity contribution in [2.24, 2.45) is 0 Å². The Kier molecular flexibility index (Phi) is 6.73. The van der Waals surface area contributed by atoms with Crippen LogP contribution in [-0.2, 0) is 10.0 Å². The Morgan fingerprint density at radius 1 is 0.968 bits per heavy atom. The third-order valence-electron chi connectivity index (χ3n) is 4.15. The molecular formula is C20H17BrClN3O5S. The van der Waals surface area contributed by atoms with Crippen molar-refractivity contribution in [2.45, 2.75) is 18.7 Å². The van der Waals surface area contributed by atoms with Crippen LogP contribution in [0, 0.1) is 13.8 Å². The molecule has 0 aliphatic rings. The SMILES string of the molecule is Cc1cc(C(=O)NNC(=O)c2ccc(Cl)c(S(=O)(=O)Nc3ccc(Br)cc3)c2)c(C)o1. The zero-order chi connectivity index (χ0) is 22.8. The smallest absolute Gasteiger partial charge is 0.273 e. The number of aryl methyl sites for hydroxylation is 2. The first kappa shape index (κ1) is 22.9. The maximum atomic E-state index is 12.8. The number of hydrogen-bond donors (Lipinski definition) is 3. The molecule has 3 N–H and O–H groups in total. The Morgan fingerprint density at radius 2 is 1.61 bits per heavy atom. The van der Waals surface area contributed by atoms with Crippen LogP contribution in [0.5, 0.6) is 0 Å². The van der Waals surface area contributed by atoms with Crippen LogP contribution in [0.1, 0.15) is 32.2 Å². The number of furan rings is 1. The van der Waals surface area contributed by atoms with Gasteiger partial charge < -0.3 is 4.42 Å². The van der Waals surface area contributed by atoms with Crippen molar-refractivity contribution in [3.63, 3.8) is 0 Å². The monoisotopic (exact) mass is 525 g/mol. The van der Waals surface area contributed by atoms with Gasteiger partial charge >= 0.3 is 0 Å². The molecular weight excluding hydrogens is 510 g/mol. The summed E-state index contributed by atoms with van der Waals surface area (Å²) >= 11 is 9.34. The second-order valence-electron chi connectivity index (χ2n) is 6.49. The molecule has 0 unspecified atom stereocenters. The summed E-state index contributed by atoms with van der Waals surface area (Å²) in [5.74, 6) is -0.327. The van der Waals surface area contributed by atoms with Gasteiger partial charge in [-0.3, -0.25) is 25.2 Å². The Balaban J connectivity index is 1.76. The van der Waals surface area contributed by atoms with E-state index in [1.54, 1.807) is 38.1 Å². The van der Waals surface area contributed by atoms with E-state index in [0.29, 0.717) is 17.2 Å². The molecule has 0 saturated carbocycles. The highest BCUT2D eigenvalue weighted by molar-refractivity contribution is 9.10. The minimum atomic E-state index is -4.07. The summed E-state index contributed by atoms with van der Waals surface area (Å²) in [7, 11) is -4.07. The fraction of sp³-hybridized carbons (Fsp3) is 0.100. The molecule has 1 heterocycles. The normalized spacial score (nSPS) is 11.1. The van der Waals surface area contributed by atoms with Gasteiger partial charge in [-0.25, -0.2) is 8.42 Å². The Bertz CT molecular complexity index is 1260. The van der Waals surface area contributed by atoms with Gasteiger partial charge in [0.1, 0.15) is 16.4 Å². The van der Waals surface area contributed by atoms with Crippen molar-refractivity contribution < 1.29 is 22.4 Å². The molecule has 0 aliphatic heterocycles. The van der Waals surface area contributed by atoms with Crippen molar-refractivity contribution in [2.75, 3.05) is 4.72 Å². The van der Waals surface area contributed by atoms with Crippen LogP contribution in [0.25, 0.3) is 0 Å². The van der Waals surface area contributed by atoms with Crippen LogP contribution in [-0.4, -0.2) is 20.2 Å². The van der Waals surface area contributed by atoms with Gasteiger partial charge in [-0.1, -0.05) is 27.5 Å². The van der Waals surface area contributed by atoms with E-state index in [9.17, 15) is 18.0 Å². The number of rotatable bonds is 5. The third kappa shape index (κ3) is 5.46. The summed E-state index contributed by atoms with van der Waals surface area (Å²) < 4.78 is 34.0. The van der Waals surface area contributed by atoms with Crippen molar-refractivity contribution in [3.05, 3.63) is 80.7 Å². The number of sulfonamides is 1. The van der Waals surface area contributed by atoms with E-state index in [1.807, 2.05) is 0 Å². The van der Waals surface area contributed by atoms with Gasteiger partial charge in [-0.15, -0.1) is 0 Å². The molecule has 0 atom stereocenters. The predicted octanol–water partition coefficient (Wildman–Crippen LogP) is 4.19. The molecule has 0 saturated heterocycles. The number of halogens is 2. The van der Waals surface area contributed by atoms with E-state index in [2.05, 4.69) is 31.5 Å². The fourth-order valence-corrected chi connectivity index (χ4v) is 4.54. The van der Waals surface area contributed by atoms with E-state index >= 15 is 0 Å². The lowest BCUT2D eigenvalue weighted by atomic mass is 10.2. The minimum Gasteiger partial charge on any atom is -0.466 e. The highest BCUT2D eigenvalue weighted by atomic mass is 79.9. The summed E-state index contributed by atoms with van der Waals surface area (Å²) in [5.41, 5.74) is 5.10. The van der Waals surface area contributed by atoms with Crippen molar-refractivity contribution in [1.82, 2.24) is 10.9 Å². The van der Waals surface area contributed by atoms with Crippen molar-refractivity contribution in [3.8, 4) is 0 Å². The molecule has 162 valence electrons. The summed E-state index contributed by atoms with van der Waals surface area (Å²) in [6, 6.07) is 11.8. The Hall–Kier alpha value is -2.82. The first-order valence-electron chi connectivity index (χ1n) is 8.82.